The number of anilines is 1. The minimum absolute atomic E-state index is 0.0256. The summed E-state index contributed by atoms with van der Waals surface area (Å²) in [4.78, 5) is 17.6. The van der Waals surface area contributed by atoms with Gasteiger partial charge in [-0.2, -0.15) is 0 Å². The molecule has 3 heterocycles. The van der Waals surface area contributed by atoms with Crippen molar-refractivity contribution in [1.82, 2.24) is 9.88 Å². The van der Waals surface area contributed by atoms with Crippen molar-refractivity contribution in [2.75, 3.05) is 19.4 Å². The van der Waals surface area contributed by atoms with Gasteiger partial charge in [-0.1, -0.05) is 0 Å². The number of amides is 1. The molecule has 2 bridgehead atoms. The summed E-state index contributed by atoms with van der Waals surface area (Å²) in [5, 5.41) is 3.41. The molecule has 0 aliphatic carbocycles. The van der Waals surface area contributed by atoms with Gasteiger partial charge >= 0.3 is 0 Å². The fraction of sp³-hybridized carbons (Fsp3) is 0.571. The molecule has 102 valence electrons. The van der Waals surface area contributed by atoms with Gasteiger partial charge in [-0.3, -0.25) is 4.79 Å². The van der Waals surface area contributed by atoms with Gasteiger partial charge in [-0.05, 0) is 31.4 Å². The van der Waals surface area contributed by atoms with Crippen LogP contribution in [-0.4, -0.2) is 48.1 Å². The highest BCUT2D eigenvalue weighted by atomic mass is 16.5. The van der Waals surface area contributed by atoms with E-state index in [0.29, 0.717) is 23.8 Å². The highest BCUT2D eigenvalue weighted by Gasteiger charge is 2.40. The summed E-state index contributed by atoms with van der Waals surface area (Å²) in [7, 11) is 3.47. The van der Waals surface area contributed by atoms with Crippen LogP contribution in [0.1, 0.15) is 29.6 Å². The Morgan fingerprint density at radius 1 is 1.42 bits per heavy atom. The third-order valence-electron chi connectivity index (χ3n) is 3.86. The third-order valence-corrected chi connectivity index (χ3v) is 3.86. The normalized spacial score (nSPS) is 28.4. The van der Waals surface area contributed by atoms with E-state index in [1.807, 2.05) is 12.1 Å². The van der Waals surface area contributed by atoms with E-state index in [9.17, 15) is 4.79 Å². The lowest BCUT2D eigenvalue weighted by Crippen LogP contribution is -2.30. The standard InChI is InChI=1S/C14H19N3O2/c1-17(2)14(18)9-3-6-13(15-8-9)16-11-7-10-4-5-12(11)19-10/h3,6,8,10-12H,4-5,7H2,1-2H3,(H,15,16). The molecule has 3 rings (SSSR count). The van der Waals surface area contributed by atoms with Crippen molar-refractivity contribution in [2.45, 2.75) is 37.5 Å². The maximum atomic E-state index is 11.7. The molecule has 2 aliphatic heterocycles. The van der Waals surface area contributed by atoms with E-state index in [-0.39, 0.29) is 5.91 Å². The number of fused-ring (bicyclic) bond motifs is 2. The molecule has 0 radical (unpaired) electrons. The largest absolute Gasteiger partial charge is 0.373 e. The van der Waals surface area contributed by atoms with Gasteiger partial charge in [0.2, 0.25) is 0 Å². The number of carbonyl (C=O) groups excluding carboxylic acids is 1. The van der Waals surface area contributed by atoms with Crippen molar-refractivity contribution in [3.63, 3.8) is 0 Å². The smallest absolute Gasteiger partial charge is 0.254 e. The maximum Gasteiger partial charge on any atom is 0.254 e. The SMILES string of the molecule is CN(C)C(=O)c1ccc(NC2CC3CCC2O3)nc1. The zero-order valence-electron chi connectivity index (χ0n) is 11.3. The molecule has 1 aromatic heterocycles. The number of nitrogens with one attached hydrogen (secondary N) is 1. The Kier molecular flexibility index (Phi) is 3.14. The van der Waals surface area contributed by atoms with Crippen molar-refractivity contribution in [3.8, 4) is 0 Å². The van der Waals surface area contributed by atoms with Gasteiger partial charge in [0, 0.05) is 20.3 Å². The van der Waals surface area contributed by atoms with Crippen LogP contribution in [0.3, 0.4) is 0 Å². The fourth-order valence-corrected chi connectivity index (χ4v) is 2.84. The Hall–Kier alpha value is -1.62. The predicted molar refractivity (Wildman–Crippen MR) is 72.2 cm³/mol. The first-order valence-electron chi connectivity index (χ1n) is 6.73. The first-order chi connectivity index (χ1) is 9.13. The van der Waals surface area contributed by atoms with Gasteiger partial charge in [-0.15, -0.1) is 0 Å². The summed E-state index contributed by atoms with van der Waals surface area (Å²) in [6.07, 6.45) is 5.77. The van der Waals surface area contributed by atoms with Crippen LogP contribution in [0.2, 0.25) is 0 Å². The van der Waals surface area contributed by atoms with Crippen molar-refractivity contribution in [1.29, 1.82) is 0 Å². The quantitative estimate of drug-likeness (QED) is 0.896. The summed E-state index contributed by atoms with van der Waals surface area (Å²) in [6, 6.07) is 4.04. The Morgan fingerprint density at radius 3 is 2.79 bits per heavy atom. The first kappa shape index (κ1) is 12.4. The lowest BCUT2D eigenvalue weighted by atomic mass is 9.95. The second-order valence-corrected chi connectivity index (χ2v) is 5.49. The van der Waals surface area contributed by atoms with Crippen molar-refractivity contribution in [3.05, 3.63) is 23.9 Å². The summed E-state index contributed by atoms with van der Waals surface area (Å²) in [5.41, 5.74) is 0.611. The van der Waals surface area contributed by atoms with E-state index in [0.717, 1.165) is 18.7 Å². The molecule has 2 aliphatic rings. The van der Waals surface area contributed by atoms with E-state index >= 15 is 0 Å². The monoisotopic (exact) mass is 261 g/mol. The number of aromatic nitrogens is 1. The molecule has 0 saturated carbocycles. The predicted octanol–water partition coefficient (Wildman–Crippen LogP) is 1.52. The molecule has 0 spiro atoms. The topological polar surface area (TPSA) is 54.5 Å². The van der Waals surface area contributed by atoms with E-state index in [4.69, 9.17) is 4.74 Å². The summed E-state index contributed by atoms with van der Waals surface area (Å²) in [5.74, 6) is 0.791. The van der Waals surface area contributed by atoms with Crippen LogP contribution in [0.25, 0.3) is 0 Å². The Balaban J connectivity index is 1.65. The number of hydrogen-bond acceptors (Lipinski definition) is 4. The Bertz CT molecular complexity index is 472. The van der Waals surface area contributed by atoms with E-state index in [1.165, 1.54) is 6.42 Å². The van der Waals surface area contributed by atoms with Gasteiger partial charge in [0.1, 0.15) is 5.82 Å². The zero-order chi connectivity index (χ0) is 13.4. The molecule has 3 unspecified atom stereocenters. The molecular weight excluding hydrogens is 242 g/mol. The van der Waals surface area contributed by atoms with Gasteiger partial charge in [0.05, 0.1) is 23.8 Å². The summed E-state index contributed by atoms with van der Waals surface area (Å²) < 4.78 is 5.80. The zero-order valence-corrected chi connectivity index (χ0v) is 11.3. The number of rotatable bonds is 3. The average Bonchev–Trinajstić information content (AvgIpc) is 3.01. The Morgan fingerprint density at radius 2 is 2.26 bits per heavy atom. The number of nitrogens with zero attached hydrogens (tertiary/aromatic N) is 2. The molecule has 1 N–H and O–H groups in total. The lowest BCUT2D eigenvalue weighted by Gasteiger charge is -2.20. The van der Waals surface area contributed by atoms with E-state index in [1.54, 1.807) is 25.2 Å². The molecule has 2 saturated heterocycles. The number of hydrogen-bond donors (Lipinski definition) is 1. The molecule has 1 amide bonds. The number of pyridine rings is 1. The first-order valence-corrected chi connectivity index (χ1v) is 6.73. The third kappa shape index (κ3) is 2.42. The molecule has 0 aromatic carbocycles. The van der Waals surface area contributed by atoms with Crippen LogP contribution in [0.15, 0.2) is 18.3 Å². The average molecular weight is 261 g/mol. The maximum absolute atomic E-state index is 11.7. The molecule has 5 nitrogen and oxygen atoms in total. The van der Waals surface area contributed by atoms with Crippen molar-refractivity contribution >= 4 is 11.7 Å². The highest BCUT2D eigenvalue weighted by Crippen LogP contribution is 2.35. The molecule has 1 aromatic rings. The Labute approximate surface area is 113 Å². The molecule has 5 heteroatoms. The minimum Gasteiger partial charge on any atom is -0.373 e. The van der Waals surface area contributed by atoms with Crippen LogP contribution in [0.5, 0.6) is 0 Å². The summed E-state index contributed by atoms with van der Waals surface area (Å²) >= 11 is 0. The summed E-state index contributed by atoms with van der Waals surface area (Å²) in [6.45, 7) is 0. The van der Waals surface area contributed by atoms with Crippen molar-refractivity contribution < 1.29 is 9.53 Å². The fourth-order valence-electron chi connectivity index (χ4n) is 2.84. The van der Waals surface area contributed by atoms with Crippen LogP contribution in [0.4, 0.5) is 5.82 Å². The van der Waals surface area contributed by atoms with Crippen LogP contribution >= 0.6 is 0 Å². The highest BCUT2D eigenvalue weighted by molar-refractivity contribution is 5.93. The second kappa shape index (κ2) is 4.81. The van der Waals surface area contributed by atoms with Crippen LogP contribution in [-0.2, 0) is 4.74 Å². The van der Waals surface area contributed by atoms with E-state index < -0.39 is 0 Å². The van der Waals surface area contributed by atoms with Gasteiger partial charge in [0.15, 0.2) is 0 Å². The van der Waals surface area contributed by atoms with Crippen LogP contribution in [0, 0.1) is 0 Å². The second-order valence-electron chi connectivity index (χ2n) is 5.49. The molecule has 19 heavy (non-hydrogen) atoms. The van der Waals surface area contributed by atoms with Crippen molar-refractivity contribution in [2.24, 2.45) is 0 Å². The van der Waals surface area contributed by atoms with Gasteiger partial charge in [-0.25, -0.2) is 4.98 Å². The molecule has 3 atom stereocenters. The lowest BCUT2D eigenvalue weighted by molar-refractivity contribution is 0.0827. The van der Waals surface area contributed by atoms with Gasteiger partial charge in [0.25, 0.3) is 5.91 Å². The number of carbonyl (C=O) groups is 1. The molecular formula is C14H19N3O2. The van der Waals surface area contributed by atoms with E-state index in [2.05, 4.69) is 10.3 Å². The molecule has 2 fully saturated rings. The number of ether oxygens (including phenoxy) is 1. The minimum atomic E-state index is -0.0256. The van der Waals surface area contributed by atoms with Gasteiger partial charge < -0.3 is 15.0 Å². The van der Waals surface area contributed by atoms with Crippen LogP contribution < -0.4 is 5.32 Å².